The largest absolute Gasteiger partial charge is 0.506 e. The Morgan fingerprint density at radius 2 is 1.77 bits per heavy atom. The molecule has 0 unspecified atom stereocenters. The molecule has 13 heavy (non-hydrogen) atoms. The fourth-order valence-corrected chi connectivity index (χ4v) is 0.935. The summed E-state index contributed by atoms with van der Waals surface area (Å²) in [5.41, 5.74) is -0.764. The third-order valence-electron chi connectivity index (χ3n) is 1.43. The lowest BCUT2D eigenvalue weighted by Gasteiger charge is -2.05. The molecule has 0 aliphatic heterocycles. The molecule has 0 saturated carbocycles. The van der Waals surface area contributed by atoms with Gasteiger partial charge in [0, 0.05) is 5.46 Å². The summed E-state index contributed by atoms with van der Waals surface area (Å²) >= 11 is 5.13. The zero-order valence-corrected chi connectivity index (χ0v) is 6.89. The van der Waals surface area contributed by atoms with Crippen LogP contribution in [0.4, 0.5) is 8.78 Å². The summed E-state index contributed by atoms with van der Waals surface area (Å²) in [6.07, 6.45) is 0. The van der Waals surface area contributed by atoms with E-state index in [9.17, 15) is 8.78 Å². The highest BCUT2D eigenvalue weighted by atomic mass is 35.5. The Hall–Kier alpha value is -0.845. The van der Waals surface area contributed by atoms with Gasteiger partial charge in [-0.2, -0.15) is 0 Å². The predicted molar refractivity (Wildman–Crippen MR) is 42.9 cm³/mol. The Morgan fingerprint density at radius 1 is 1.23 bits per heavy atom. The number of halogens is 3. The van der Waals surface area contributed by atoms with Crippen molar-refractivity contribution in [2.24, 2.45) is 0 Å². The van der Waals surface area contributed by atoms with Crippen LogP contribution in [0.2, 0.25) is 5.02 Å². The Kier molecular flexibility index (Phi) is 2.75. The number of hydrogen-bond acceptors (Lipinski definition) is 3. The van der Waals surface area contributed by atoms with Crippen molar-refractivity contribution in [1.29, 1.82) is 0 Å². The smallest absolute Gasteiger partial charge is 0.491 e. The monoisotopic (exact) mass is 208 g/mol. The second kappa shape index (κ2) is 3.49. The Balaban J connectivity index is 3.41. The SMILES string of the molecule is OB(O)c1cc(O)c(Cl)c(F)c1F. The average Bonchev–Trinajstić information content (AvgIpc) is 2.07. The highest BCUT2D eigenvalue weighted by Crippen LogP contribution is 2.26. The minimum atomic E-state index is -2.20. The molecule has 0 aromatic heterocycles. The Labute approximate surface area is 77.3 Å². The van der Waals surface area contributed by atoms with Gasteiger partial charge in [0.15, 0.2) is 11.6 Å². The fourth-order valence-electron chi connectivity index (χ4n) is 0.797. The van der Waals surface area contributed by atoms with Crippen LogP contribution in [0, 0.1) is 11.6 Å². The molecule has 0 bridgehead atoms. The molecular formula is C6H4BClF2O3. The van der Waals surface area contributed by atoms with Gasteiger partial charge in [-0.3, -0.25) is 0 Å². The maximum absolute atomic E-state index is 12.8. The molecule has 0 radical (unpaired) electrons. The van der Waals surface area contributed by atoms with Crippen LogP contribution in [-0.2, 0) is 0 Å². The van der Waals surface area contributed by atoms with Gasteiger partial charge in [0.1, 0.15) is 10.8 Å². The zero-order valence-electron chi connectivity index (χ0n) is 6.13. The summed E-state index contributed by atoms with van der Waals surface area (Å²) in [5.74, 6) is -3.74. The van der Waals surface area contributed by atoms with Crippen molar-refractivity contribution < 1.29 is 23.9 Å². The standard InChI is InChI=1S/C6H4BClF2O3/c8-4-3(11)1-2(7(12)13)5(9)6(4)10/h1,11-13H. The first-order valence-electron chi connectivity index (χ1n) is 3.17. The normalized spacial score (nSPS) is 10.2. The lowest BCUT2D eigenvalue weighted by atomic mass is 9.79. The Morgan fingerprint density at radius 3 is 2.23 bits per heavy atom. The van der Waals surface area contributed by atoms with Crippen LogP contribution in [0.1, 0.15) is 0 Å². The van der Waals surface area contributed by atoms with Crippen molar-refractivity contribution in [3.05, 3.63) is 22.7 Å². The molecule has 1 aromatic carbocycles. The summed E-state index contributed by atoms with van der Waals surface area (Å²) in [5, 5.41) is 25.2. The maximum atomic E-state index is 12.8. The number of hydrogen-bond donors (Lipinski definition) is 3. The zero-order chi connectivity index (χ0) is 10.2. The summed E-state index contributed by atoms with van der Waals surface area (Å²) in [7, 11) is -2.20. The quantitative estimate of drug-likeness (QED) is 0.450. The van der Waals surface area contributed by atoms with Gasteiger partial charge < -0.3 is 15.2 Å². The van der Waals surface area contributed by atoms with Crippen LogP contribution in [0.25, 0.3) is 0 Å². The topological polar surface area (TPSA) is 60.7 Å². The molecule has 3 N–H and O–H groups in total. The van der Waals surface area contributed by atoms with Gasteiger partial charge in [0.05, 0.1) is 0 Å². The van der Waals surface area contributed by atoms with Crippen LogP contribution in [0.5, 0.6) is 5.75 Å². The van der Waals surface area contributed by atoms with Crippen molar-refractivity contribution in [1.82, 2.24) is 0 Å². The number of rotatable bonds is 1. The van der Waals surface area contributed by atoms with Crippen LogP contribution in [0.3, 0.4) is 0 Å². The molecule has 0 aliphatic rings. The lowest BCUT2D eigenvalue weighted by Crippen LogP contribution is -2.33. The van der Waals surface area contributed by atoms with Gasteiger partial charge in [-0.25, -0.2) is 8.78 Å². The fraction of sp³-hybridized carbons (Fsp3) is 0. The van der Waals surface area contributed by atoms with E-state index in [1.165, 1.54) is 0 Å². The van der Waals surface area contributed by atoms with Crippen LogP contribution >= 0.6 is 11.6 Å². The number of aromatic hydroxyl groups is 1. The molecule has 7 heteroatoms. The molecule has 70 valence electrons. The number of benzene rings is 1. The van der Waals surface area contributed by atoms with Crippen molar-refractivity contribution in [3.63, 3.8) is 0 Å². The predicted octanol–water partition coefficient (Wildman–Crippen LogP) is 0.00360. The van der Waals surface area contributed by atoms with Gasteiger partial charge in [-0.1, -0.05) is 11.6 Å². The second-order valence-corrected chi connectivity index (χ2v) is 2.68. The minimum Gasteiger partial charge on any atom is -0.506 e. The second-order valence-electron chi connectivity index (χ2n) is 2.30. The molecule has 3 nitrogen and oxygen atoms in total. The van der Waals surface area contributed by atoms with Crippen molar-refractivity contribution in [2.75, 3.05) is 0 Å². The van der Waals surface area contributed by atoms with Gasteiger partial charge in [0.25, 0.3) is 0 Å². The van der Waals surface area contributed by atoms with E-state index in [2.05, 4.69) is 0 Å². The van der Waals surface area contributed by atoms with E-state index < -0.39 is 35.0 Å². The maximum Gasteiger partial charge on any atom is 0.491 e. The first-order chi connectivity index (χ1) is 5.95. The number of phenolic OH excluding ortho intramolecular Hbond substituents is 1. The van der Waals surface area contributed by atoms with E-state index in [0.29, 0.717) is 6.07 Å². The summed E-state index contributed by atoms with van der Waals surface area (Å²) < 4.78 is 25.5. The lowest BCUT2D eigenvalue weighted by molar-refractivity contribution is 0.416. The van der Waals surface area contributed by atoms with E-state index >= 15 is 0 Å². The molecule has 0 amide bonds. The third kappa shape index (κ3) is 1.74. The summed E-state index contributed by atoms with van der Waals surface area (Å²) in [6.45, 7) is 0. The highest BCUT2D eigenvalue weighted by Gasteiger charge is 2.23. The van der Waals surface area contributed by atoms with E-state index in [4.69, 9.17) is 26.8 Å². The van der Waals surface area contributed by atoms with Gasteiger partial charge in [-0.05, 0) is 6.07 Å². The van der Waals surface area contributed by atoms with Crippen molar-refractivity contribution >= 4 is 24.2 Å². The summed E-state index contributed by atoms with van der Waals surface area (Å²) in [4.78, 5) is 0. The number of phenols is 1. The molecule has 1 aromatic rings. The molecule has 0 spiro atoms. The van der Waals surface area contributed by atoms with Gasteiger partial charge >= 0.3 is 7.12 Å². The van der Waals surface area contributed by atoms with Crippen LogP contribution in [0.15, 0.2) is 6.07 Å². The van der Waals surface area contributed by atoms with Crippen molar-refractivity contribution in [2.45, 2.75) is 0 Å². The molecule has 0 fully saturated rings. The van der Waals surface area contributed by atoms with E-state index in [-0.39, 0.29) is 0 Å². The van der Waals surface area contributed by atoms with Crippen molar-refractivity contribution in [3.8, 4) is 5.75 Å². The summed E-state index contributed by atoms with van der Waals surface area (Å²) in [6, 6.07) is 0.644. The highest BCUT2D eigenvalue weighted by molar-refractivity contribution is 6.58. The molecule has 0 atom stereocenters. The molecule has 1 rings (SSSR count). The van der Waals surface area contributed by atoms with E-state index in [1.807, 2.05) is 0 Å². The molecule has 0 aliphatic carbocycles. The first kappa shape index (κ1) is 10.2. The van der Waals surface area contributed by atoms with Gasteiger partial charge in [-0.15, -0.1) is 0 Å². The Bertz CT molecular complexity index is 345. The van der Waals surface area contributed by atoms with Crippen LogP contribution in [-0.4, -0.2) is 22.3 Å². The molecule has 0 saturated heterocycles. The minimum absolute atomic E-state index is 0.644. The van der Waals surface area contributed by atoms with Gasteiger partial charge in [0.2, 0.25) is 0 Å². The first-order valence-corrected chi connectivity index (χ1v) is 3.55. The molecular weight excluding hydrogens is 204 g/mol. The van der Waals surface area contributed by atoms with Crippen LogP contribution < -0.4 is 5.46 Å². The third-order valence-corrected chi connectivity index (χ3v) is 1.79. The van der Waals surface area contributed by atoms with E-state index in [1.54, 1.807) is 0 Å². The molecule has 0 heterocycles. The van der Waals surface area contributed by atoms with E-state index in [0.717, 1.165) is 0 Å². The average molecular weight is 208 g/mol.